The number of anilines is 2. The fourth-order valence-corrected chi connectivity index (χ4v) is 2.62. The summed E-state index contributed by atoms with van der Waals surface area (Å²) in [7, 11) is 4.04. The predicted octanol–water partition coefficient (Wildman–Crippen LogP) is 2.26. The van der Waals surface area contributed by atoms with E-state index in [2.05, 4.69) is 26.1 Å². The molecule has 0 heterocycles. The van der Waals surface area contributed by atoms with Gasteiger partial charge in [-0.2, -0.15) is 11.8 Å². The van der Waals surface area contributed by atoms with Crippen molar-refractivity contribution in [2.75, 3.05) is 43.2 Å². The molecule has 0 aliphatic heterocycles. The third-order valence-corrected chi connectivity index (χ3v) is 3.78. The van der Waals surface area contributed by atoms with Crippen molar-refractivity contribution in [3.63, 3.8) is 0 Å². The summed E-state index contributed by atoms with van der Waals surface area (Å²) >= 11 is 4.99. The molecule has 100 valence electrons. The van der Waals surface area contributed by atoms with Crippen molar-refractivity contribution in [3.8, 4) is 0 Å². The molecule has 1 aromatic carbocycles. The number of amides is 1. The SMILES string of the molecule is CN(C)CCSCC(=O)Nc1ccc(N)cc1Br. The smallest absolute Gasteiger partial charge is 0.234 e. The summed E-state index contributed by atoms with van der Waals surface area (Å²) in [6.07, 6.45) is 0. The van der Waals surface area contributed by atoms with E-state index in [1.807, 2.05) is 14.1 Å². The highest BCUT2D eigenvalue weighted by Gasteiger charge is 2.06. The second-order valence-electron chi connectivity index (χ2n) is 4.14. The van der Waals surface area contributed by atoms with Gasteiger partial charge in [0.2, 0.25) is 5.91 Å². The van der Waals surface area contributed by atoms with Gasteiger partial charge >= 0.3 is 0 Å². The van der Waals surface area contributed by atoms with E-state index >= 15 is 0 Å². The van der Waals surface area contributed by atoms with E-state index in [0.29, 0.717) is 11.4 Å². The highest BCUT2D eigenvalue weighted by Crippen LogP contribution is 2.24. The Hall–Kier alpha value is -0.720. The summed E-state index contributed by atoms with van der Waals surface area (Å²) in [4.78, 5) is 13.8. The molecule has 1 aromatic rings. The number of halogens is 1. The van der Waals surface area contributed by atoms with Crippen molar-refractivity contribution >= 4 is 45.0 Å². The maximum atomic E-state index is 11.7. The number of nitrogen functional groups attached to an aromatic ring is 1. The predicted molar refractivity (Wildman–Crippen MR) is 83.1 cm³/mol. The van der Waals surface area contributed by atoms with Crippen LogP contribution in [0, 0.1) is 0 Å². The summed E-state index contributed by atoms with van der Waals surface area (Å²) in [5, 5.41) is 2.85. The van der Waals surface area contributed by atoms with Gasteiger partial charge in [-0.25, -0.2) is 0 Å². The van der Waals surface area contributed by atoms with Crippen molar-refractivity contribution in [2.24, 2.45) is 0 Å². The second-order valence-corrected chi connectivity index (χ2v) is 6.10. The minimum Gasteiger partial charge on any atom is -0.399 e. The van der Waals surface area contributed by atoms with Gasteiger partial charge in [-0.05, 0) is 48.2 Å². The molecule has 18 heavy (non-hydrogen) atoms. The zero-order chi connectivity index (χ0) is 13.5. The van der Waals surface area contributed by atoms with Crippen LogP contribution in [0.15, 0.2) is 22.7 Å². The van der Waals surface area contributed by atoms with Crippen LogP contribution < -0.4 is 11.1 Å². The minimum atomic E-state index is 0.00391. The lowest BCUT2D eigenvalue weighted by Gasteiger charge is -2.10. The quantitative estimate of drug-likeness (QED) is 0.620. The van der Waals surface area contributed by atoms with Crippen molar-refractivity contribution in [3.05, 3.63) is 22.7 Å². The van der Waals surface area contributed by atoms with Crippen LogP contribution >= 0.6 is 27.7 Å². The minimum absolute atomic E-state index is 0.00391. The number of benzene rings is 1. The molecule has 0 fully saturated rings. The van der Waals surface area contributed by atoms with Crippen LogP contribution in [0.5, 0.6) is 0 Å². The Labute approximate surface area is 120 Å². The Morgan fingerprint density at radius 1 is 1.50 bits per heavy atom. The third-order valence-electron chi connectivity index (χ3n) is 2.18. The van der Waals surface area contributed by atoms with Gasteiger partial charge in [0, 0.05) is 22.5 Å². The Bertz CT molecular complexity index is 412. The average Bonchev–Trinajstić information content (AvgIpc) is 2.28. The molecule has 0 aliphatic carbocycles. The highest BCUT2D eigenvalue weighted by atomic mass is 79.9. The molecule has 3 N–H and O–H groups in total. The molecule has 0 atom stereocenters. The summed E-state index contributed by atoms with van der Waals surface area (Å²) in [6, 6.07) is 5.33. The third kappa shape index (κ3) is 5.75. The number of thioether (sulfide) groups is 1. The molecule has 0 saturated carbocycles. The van der Waals surface area contributed by atoms with Gasteiger partial charge in [0.25, 0.3) is 0 Å². The van der Waals surface area contributed by atoms with Crippen molar-refractivity contribution < 1.29 is 4.79 Å². The van der Waals surface area contributed by atoms with Crippen LogP contribution in [-0.2, 0) is 4.79 Å². The number of carbonyl (C=O) groups excluding carboxylic acids is 1. The zero-order valence-electron chi connectivity index (χ0n) is 10.6. The van der Waals surface area contributed by atoms with E-state index in [1.165, 1.54) is 0 Å². The van der Waals surface area contributed by atoms with E-state index in [-0.39, 0.29) is 5.91 Å². The maximum absolute atomic E-state index is 11.7. The van der Waals surface area contributed by atoms with Crippen LogP contribution in [0.2, 0.25) is 0 Å². The van der Waals surface area contributed by atoms with Crippen LogP contribution in [0.25, 0.3) is 0 Å². The number of nitrogens with zero attached hydrogens (tertiary/aromatic N) is 1. The Balaban J connectivity index is 2.35. The van der Waals surface area contributed by atoms with Crippen LogP contribution in [0.1, 0.15) is 0 Å². The number of hydrogen-bond donors (Lipinski definition) is 2. The number of carbonyl (C=O) groups is 1. The molecule has 0 aromatic heterocycles. The molecule has 0 saturated heterocycles. The molecule has 0 bridgehead atoms. The second kappa shape index (κ2) is 7.66. The summed E-state index contributed by atoms with van der Waals surface area (Å²) in [5.74, 6) is 1.41. The first-order chi connectivity index (χ1) is 8.49. The molecular formula is C12H18BrN3OS. The standard InChI is InChI=1S/C12H18BrN3OS/c1-16(2)5-6-18-8-12(17)15-11-4-3-9(14)7-10(11)13/h3-4,7H,5-6,8,14H2,1-2H3,(H,15,17). The molecule has 4 nitrogen and oxygen atoms in total. The van der Waals surface area contributed by atoms with Gasteiger partial charge in [0.15, 0.2) is 0 Å². The fraction of sp³-hybridized carbons (Fsp3) is 0.417. The van der Waals surface area contributed by atoms with E-state index in [1.54, 1.807) is 30.0 Å². The van der Waals surface area contributed by atoms with Gasteiger partial charge in [-0.15, -0.1) is 0 Å². The van der Waals surface area contributed by atoms with E-state index < -0.39 is 0 Å². The summed E-state index contributed by atoms with van der Waals surface area (Å²) in [6.45, 7) is 0.976. The summed E-state index contributed by atoms with van der Waals surface area (Å²) < 4.78 is 0.800. The van der Waals surface area contributed by atoms with Crippen molar-refractivity contribution in [1.29, 1.82) is 0 Å². The Morgan fingerprint density at radius 2 is 2.22 bits per heavy atom. The first kappa shape index (κ1) is 15.3. The van der Waals surface area contributed by atoms with Crippen LogP contribution in [0.3, 0.4) is 0 Å². The van der Waals surface area contributed by atoms with E-state index in [0.717, 1.165) is 22.5 Å². The van der Waals surface area contributed by atoms with Crippen molar-refractivity contribution in [1.82, 2.24) is 4.90 Å². The first-order valence-corrected chi connectivity index (χ1v) is 7.51. The fourth-order valence-electron chi connectivity index (χ4n) is 1.23. The average molecular weight is 332 g/mol. The largest absolute Gasteiger partial charge is 0.399 e. The monoisotopic (exact) mass is 331 g/mol. The molecule has 0 spiro atoms. The molecule has 0 aliphatic rings. The van der Waals surface area contributed by atoms with Gasteiger partial charge in [0.05, 0.1) is 11.4 Å². The molecular weight excluding hydrogens is 314 g/mol. The molecule has 1 amide bonds. The number of hydrogen-bond acceptors (Lipinski definition) is 4. The molecule has 0 unspecified atom stereocenters. The van der Waals surface area contributed by atoms with Gasteiger partial charge < -0.3 is 16.0 Å². The number of nitrogens with one attached hydrogen (secondary N) is 1. The van der Waals surface area contributed by atoms with Crippen molar-refractivity contribution in [2.45, 2.75) is 0 Å². The van der Waals surface area contributed by atoms with Crippen LogP contribution in [-0.4, -0.2) is 43.0 Å². The lowest BCUT2D eigenvalue weighted by Crippen LogP contribution is -2.18. The molecule has 0 radical (unpaired) electrons. The summed E-state index contributed by atoms with van der Waals surface area (Å²) in [5.41, 5.74) is 7.05. The maximum Gasteiger partial charge on any atom is 0.234 e. The first-order valence-electron chi connectivity index (χ1n) is 5.56. The lowest BCUT2D eigenvalue weighted by molar-refractivity contribution is -0.113. The lowest BCUT2D eigenvalue weighted by atomic mass is 10.3. The van der Waals surface area contributed by atoms with E-state index in [9.17, 15) is 4.79 Å². The van der Waals surface area contributed by atoms with Crippen LogP contribution in [0.4, 0.5) is 11.4 Å². The zero-order valence-corrected chi connectivity index (χ0v) is 13.0. The normalized spacial score (nSPS) is 10.7. The molecule has 1 rings (SSSR count). The molecule has 6 heteroatoms. The number of rotatable bonds is 6. The van der Waals surface area contributed by atoms with E-state index in [4.69, 9.17) is 5.73 Å². The van der Waals surface area contributed by atoms with Gasteiger partial charge in [-0.1, -0.05) is 0 Å². The number of nitrogens with two attached hydrogens (primary N) is 1. The highest BCUT2D eigenvalue weighted by molar-refractivity contribution is 9.10. The Kier molecular flexibility index (Phi) is 6.52. The Morgan fingerprint density at radius 3 is 2.83 bits per heavy atom. The topological polar surface area (TPSA) is 58.4 Å². The van der Waals surface area contributed by atoms with Gasteiger partial charge in [-0.3, -0.25) is 4.79 Å². The van der Waals surface area contributed by atoms with Gasteiger partial charge in [0.1, 0.15) is 0 Å².